The van der Waals surface area contributed by atoms with Crippen LogP contribution in [0, 0.1) is 5.92 Å². The van der Waals surface area contributed by atoms with Gasteiger partial charge in [-0.15, -0.1) is 0 Å². The van der Waals surface area contributed by atoms with Gasteiger partial charge in [0.05, 0.1) is 19.3 Å². The van der Waals surface area contributed by atoms with Gasteiger partial charge in [-0.2, -0.15) is 15.2 Å². The van der Waals surface area contributed by atoms with E-state index in [0.717, 1.165) is 10.1 Å². The van der Waals surface area contributed by atoms with Crippen LogP contribution in [-0.2, 0) is 4.74 Å². The summed E-state index contributed by atoms with van der Waals surface area (Å²) in [7, 11) is 0. The van der Waals surface area contributed by atoms with Crippen molar-refractivity contribution in [3.05, 3.63) is 0 Å². The van der Waals surface area contributed by atoms with Gasteiger partial charge in [-0.25, -0.2) is 0 Å². The van der Waals surface area contributed by atoms with Gasteiger partial charge in [0.1, 0.15) is 0 Å². The summed E-state index contributed by atoms with van der Waals surface area (Å²) in [5, 5.41) is 32.7. The van der Waals surface area contributed by atoms with E-state index in [2.05, 4.69) is 0 Å². The molecule has 3 N–H and O–H groups in total. The van der Waals surface area contributed by atoms with Crippen molar-refractivity contribution in [1.29, 1.82) is 0 Å². The van der Waals surface area contributed by atoms with Crippen molar-refractivity contribution < 1.29 is 20.4 Å². The minimum atomic E-state index is -0.162. The van der Waals surface area contributed by atoms with Crippen molar-refractivity contribution in [2.75, 3.05) is 45.9 Å². The van der Waals surface area contributed by atoms with Gasteiger partial charge in [0, 0.05) is 32.7 Å². The molecule has 0 aromatic carbocycles. The summed E-state index contributed by atoms with van der Waals surface area (Å²) >= 11 is 0. The van der Waals surface area contributed by atoms with E-state index in [1.54, 1.807) is 0 Å². The van der Waals surface area contributed by atoms with E-state index in [0.29, 0.717) is 45.9 Å². The lowest BCUT2D eigenvalue weighted by Gasteiger charge is -2.32. The SMILES string of the molecule is CC(C)C1CN(O)CCN(O)CCOCCN1O. The lowest BCUT2D eigenvalue weighted by atomic mass is 10.0. The van der Waals surface area contributed by atoms with E-state index < -0.39 is 0 Å². The molecule has 1 heterocycles. The molecule has 108 valence electrons. The van der Waals surface area contributed by atoms with Gasteiger partial charge < -0.3 is 20.4 Å². The first-order valence-corrected chi connectivity index (χ1v) is 6.41. The smallest absolute Gasteiger partial charge is 0.0617 e. The monoisotopic (exact) mass is 263 g/mol. The van der Waals surface area contributed by atoms with Crippen LogP contribution in [0.3, 0.4) is 0 Å². The van der Waals surface area contributed by atoms with Crippen LogP contribution in [0.4, 0.5) is 0 Å². The minimum absolute atomic E-state index is 0.162. The fourth-order valence-corrected chi connectivity index (χ4v) is 1.89. The first-order valence-electron chi connectivity index (χ1n) is 6.41. The third-order valence-corrected chi connectivity index (χ3v) is 3.12. The molecule has 0 aromatic heterocycles. The van der Waals surface area contributed by atoms with Crippen LogP contribution in [0.25, 0.3) is 0 Å². The number of nitrogens with zero attached hydrogens (tertiary/aromatic N) is 3. The molecular formula is C11H25N3O4. The third-order valence-electron chi connectivity index (χ3n) is 3.12. The second-order valence-corrected chi connectivity index (χ2v) is 4.95. The van der Waals surface area contributed by atoms with E-state index in [9.17, 15) is 15.6 Å². The Bertz CT molecular complexity index is 230. The highest BCUT2D eigenvalue weighted by Gasteiger charge is 2.23. The molecule has 0 spiro atoms. The Labute approximate surface area is 108 Å². The van der Waals surface area contributed by atoms with Gasteiger partial charge in [0.25, 0.3) is 0 Å². The first-order chi connectivity index (χ1) is 8.50. The topological polar surface area (TPSA) is 79.6 Å². The Kier molecular flexibility index (Phi) is 7.02. The summed E-state index contributed by atoms with van der Waals surface area (Å²) in [5.74, 6) is 0.206. The third kappa shape index (κ3) is 5.57. The van der Waals surface area contributed by atoms with Gasteiger partial charge in [0.2, 0.25) is 0 Å². The zero-order valence-corrected chi connectivity index (χ0v) is 11.2. The first kappa shape index (κ1) is 15.8. The van der Waals surface area contributed by atoms with Crippen molar-refractivity contribution in [3.63, 3.8) is 0 Å². The molecular weight excluding hydrogens is 238 g/mol. The Balaban J connectivity index is 2.57. The van der Waals surface area contributed by atoms with E-state index in [1.165, 1.54) is 5.06 Å². The Morgan fingerprint density at radius 2 is 1.56 bits per heavy atom. The van der Waals surface area contributed by atoms with Crippen molar-refractivity contribution in [3.8, 4) is 0 Å². The van der Waals surface area contributed by atoms with Gasteiger partial charge in [-0.3, -0.25) is 0 Å². The minimum Gasteiger partial charge on any atom is -0.379 e. The van der Waals surface area contributed by atoms with Crippen molar-refractivity contribution >= 4 is 0 Å². The molecule has 0 bridgehead atoms. The maximum Gasteiger partial charge on any atom is 0.0617 e. The van der Waals surface area contributed by atoms with Gasteiger partial charge in [-0.1, -0.05) is 13.8 Å². The van der Waals surface area contributed by atoms with Crippen LogP contribution in [0.15, 0.2) is 0 Å². The Morgan fingerprint density at radius 1 is 0.944 bits per heavy atom. The van der Waals surface area contributed by atoms with Crippen LogP contribution in [-0.4, -0.2) is 82.8 Å². The molecule has 1 aliphatic heterocycles. The molecule has 0 saturated carbocycles. The summed E-state index contributed by atoms with van der Waals surface area (Å²) < 4.78 is 5.32. The molecule has 0 radical (unpaired) electrons. The Hall–Kier alpha value is -0.280. The number of ether oxygens (including phenoxy) is 1. The maximum atomic E-state index is 9.95. The molecule has 1 atom stereocenters. The quantitative estimate of drug-likeness (QED) is 0.620. The molecule has 0 aliphatic carbocycles. The zero-order chi connectivity index (χ0) is 13.5. The molecule has 1 aliphatic rings. The van der Waals surface area contributed by atoms with Crippen LogP contribution in [0.1, 0.15) is 13.8 Å². The van der Waals surface area contributed by atoms with Crippen LogP contribution >= 0.6 is 0 Å². The number of hydrogen-bond donors (Lipinski definition) is 3. The molecule has 7 heteroatoms. The standard InChI is InChI=1S/C11H25N3O4/c1-10(2)11-9-13(16)4-3-12(15)5-7-18-8-6-14(11)17/h10-11,15-17H,3-9H2,1-2H3. The lowest BCUT2D eigenvalue weighted by molar-refractivity contribution is -0.197. The summed E-state index contributed by atoms with van der Waals surface area (Å²) in [6.45, 7) is 6.58. The average molecular weight is 263 g/mol. The molecule has 1 rings (SSSR count). The molecule has 1 fully saturated rings. The van der Waals surface area contributed by atoms with Gasteiger partial charge in [-0.05, 0) is 5.92 Å². The predicted molar refractivity (Wildman–Crippen MR) is 64.7 cm³/mol. The Morgan fingerprint density at radius 3 is 2.22 bits per heavy atom. The largest absolute Gasteiger partial charge is 0.379 e. The predicted octanol–water partition coefficient (Wildman–Crippen LogP) is 0.115. The summed E-state index contributed by atoms with van der Waals surface area (Å²) in [6, 6.07) is -0.162. The van der Waals surface area contributed by atoms with Crippen molar-refractivity contribution in [1.82, 2.24) is 15.2 Å². The highest BCUT2D eigenvalue weighted by Crippen LogP contribution is 2.10. The van der Waals surface area contributed by atoms with Crippen molar-refractivity contribution in [2.45, 2.75) is 19.9 Å². The number of hydrogen-bond acceptors (Lipinski definition) is 7. The maximum absolute atomic E-state index is 9.95. The highest BCUT2D eigenvalue weighted by molar-refractivity contribution is 4.72. The number of rotatable bonds is 1. The fraction of sp³-hybridized carbons (Fsp3) is 1.00. The summed E-state index contributed by atoms with van der Waals surface area (Å²) in [4.78, 5) is 0. The molecule has 7 nitrogen and oxygen atoms in total. The van der Waals surface area contributed by atoms with Crippen LogP contribution in [0.2, 0.25) is 0 Å². The van der Waals surface area contributed by atoms with E-state index in [4.69, 9.17) is 4.74 Å². The molecule has 18 heavy (non-hydrogen) atoms. The second kappa shape index (κ2) is 8.00. The summed E-state index contributed by atoms with van der Waals surface area (Å²) in [5.41, 5.74) is 0. The molecule has 0 amide bonds. The van der Waals surface area contributed by atoms with E-state index >= 15 is 0 Å². The number of hydroxylamine groups is 6. The molecule has 1 unspecified atom stereocenters. The lowest BCUT2D eigenvalue weighted by Crippen LogP contribution is -2.47. The molecule has 1 saturated heterocycles. The van der Waals surface area contributed by atoms with Crippen LogP contribution in [0.5, 0.6) is 0 Å². The van der Waals surface area contributed by atoms with Crippen LogP contribution < -0.4 is 0 Å². The fourth-order valence-electron chi connectivity index (χ4n) is 1.89. The van der Waals surface area contributed by atoms with E-state index in [-0.39, 0.29) is 12.0 Å². The van der Waals surface area contributed by atoms with Crippen molar-refractivity contribution in [2.24, 2.45) is 5.92 Å². The average Bonchev–Trinajstić information content (AvgIpc) is 2.31. The highest BCUT2D eigenvalue weighted by atomic mass is 16.5. The normalized spacial score (nSPS) is 28.0. The van der Waals surface area contributed by atoms with E-state index in [1.807, 2.05) is 13.8 Å². The molecule has 0 aromatic rings. The van der Waals surface area contributed by atoms with Gasteiger partial charge in [0.15, 0.2) is 0 Å². The second-order valence-electron chi connectivity index (χ2n) is 4.95. The summed E-state index contributed by atoms with van der Waals surface area (Å²) in [6.07, 6.45) is 0. The zero-order valence-electron chi connectivity index (χ0n) is 11.2. The van der Waals surface area contributed by atoms with Gasteiger partial charge >= 0.3 is 0 Å².